The molecule has 0 amide bonds. The molecule has 1 fully saturated rings. The van der Waals surface area contributed by atoms with E-state index in [1.807, 2.05) is 6.07 Å². The highest BCUT2D eigenvalue weighted by molar-refractivity contribution is 7.94. The molecule has 0 aliphatic carbocycles. The molecule has 0 bridgehead atoms. The monoisotopic (exact) mass is 549 g/mol. The number of benzene rings is 2. The van der Waals surface area contributed by atoms with E-state index < -0.39 is 20.7 Å². The number of anilines is 4. The SMILES string of the molecule is C[C@@H]1CNCCN1c1cc(Cl)ccc1Nc1cc(F)c(S(=O)(=O)N(Cl)c2cscn2)cc1Cl. The fourth-order valence-electron chi connectivity index (χ4n) is 3.52. The van der Waals surface area contributed by atoms with E-state index in [4.69, 9.17) is 35.0 Å². The van der Waals surface area contributed by atoms with Crippen molar-refractivity contribution in [3.05, 3.63) is 57.1 Å². The van der Waals surface area contributed by atoms with Gasteiger partial charge in [-0.2, -0.15) is 12.2 Å². The van der Waals surface area contributed by atoms with Crippen LogP contribution in [0.25, 0.3) is 0 Å². The van der Waals surface area contributed by atoms with Crippen LogP contribution in [0, 0.1) is 5.82 Å². The van der Waals surface area contributed by atoms with Gasteiger partial charge in [-0.1, -0.05) is 23.2 Å². The highest BCUT2D eigenvalue weighted by Gasteiger charge is 2.30. The van der Waals surface area contributed by atoms with Crippen LogP contribution in [0.2, 0.25) is 10.0 Å². The molecule has 1 saturated heterocycles. The van der Waals surface area contributed by atoms with Crippen LogP contribution in [0.15, 0.2) is 46.1 Å². The Morgan fingerprint density at radius 2 is 2.06 bits per heavy atom. The Bertz CT molecular complexity index is 1260. The molecule has 0 unspecified atom stereocenters. The van der Waals surface area contributed by atoms with E-state index in [1.165, 1.54) is 10.9 Å². The summed E-state index contributed by atoms with van der Waals surface area (Å²) in [6.07, 6.45) is 0. The molecule has 2 aromatic carbocycles. The zero-order valence-electron chi connectivity index (χ0n) is 17.2. The molecule has 0 saturated carbocycles. The first-order valence-corrected chi connectivity index (χ1v) is 13.3. The summed E-state index contributed by atoms with van der Waals surface area (Å²) in [6.45, 7) is 4.47. The molecule has 3 aromatic rings. The van der Waals surface area contributed by atoms with Crippen LogP contribution in [0.5, 0.6) is 0 Å². The van der Waals surface area contributed by atoms with Gasteiger partial charge in [0.2, 0.25) is 0 Å². The van der Waals surface area contributed by atoms with Crippen molar-refractivity contribution in [3.63, 3.8) is 0 Å². The lowest BCUT2D eigenvalue weighted by atomic mass is 10.1. The van der Waals surface area contributed by atoms with Crippen molar-refractivity contribution in [2.45, 2.75) is 17.9 Å². The minimum Gasteiger partial charge on any atom is -0.365 e. The maximum atomic E-state index is 15.0. The maximum absolute atomic E-state index is 15.0. The van der Waals surface area contributed by atoms with Gasteiger partial charge in [-0.05, 0) is 31.2 Å². The van der Waals surface area contributed by atoms with Gasteiger partial charge in [0.1, 0.15) is 10.7 Å². The van der Waals surface area contributed by atoms with Crippen LogP contribution in [-0.2, 0) is 10.0 Å². The smallest absolute Gasteiger partial charge is 0.282 e. The van der Waals surface area contributed by atoms with Crippen molar-refractivity contribution in [2.75, 3.05) is 33.7 Å². The summed E-state index contributed by atoms with van der Waals surface area (Å²) in [5.41, 5.74) is 3.11. The number of nitrogens with zero attached hydrogens (tertiary/aromatic N) is 3. The predicted octanol–water partition coefficient (Wildman–Crippen LogP) is 5.48. The van der Waals surface area contributed by atoms with Gasteiger partial charge in [0.15, 0.2) is 5.82 Å². The quantitative estimate of drug-likeness (QED) is 0.396. The molecule has 1 atom stereocenters. The Morgan fingerprint density at radius 1 is 1.27 bits per heavy atom. The molecule has 0 spiro atoms. The van der Waals surface area contributed by atoms with Crippen LogP contribution < -0.4 is 19.4 Å². The number of sulfonamides is 1. The third-order valence-corrected chi connectivity index (χ3v) is 8.47. The van der Waals surface area contributed by atoms with E-state index in [9.17, 15) is 12.8 Å². The summed E-state index contributed by atoms with van der Waals surface area (Å²) < 4.78 is 41.0. The van der Waals surface area contributed by atoms with Gasteiger partial charge in [0.25, 0.3) is 10.0 Å². The highest BCUT2D eigenvalue weighted by Crippen LogP contribution is 2.37. The van der Waals surface area contributed by atoms with Gasteiger partial charge in [0.05, 0.1) is 27.6 Å². The minimum absolute atomic E-state index is 0.00702. The third kappa shape index (κ3) is 5.01. The first-order valence-electron chi connectivity index (χ1n) is 9.80. The number of hydrogen-bond donors (Lipinski definition) is 2. The number of rotatable bonds is 6. The van der Waals surface area contributed by atoms with E-state index in [0.29, 0.717) is 14.5 Å². The number of halogens is 4. The summed E-state index contributed by atoms with van der Waals surface area (Å²) in [5.74, 6) is -1.04. The van der Waals surface area contributed by atoms with Crippen LogP contribution in [0.4, 0.5) is 27.3 Å². The third-order valence-electron chi connectivity index (χ3n) is 5.15. The van der Waals surface area contributed by atoms with Crippen molar-refractivity contribution in [3.8, 4) is 0 Å². The van der Waals surface area contributed by atoms with Crippen molar-refractivity contribution in [1.82, 2.24) is 10.3 Å². The van der Waals surface area contributed by atoms with Gasteiger partial charge in [0, 0.05) is 53.9 Å². The summed E-state index contributed by atoms with van der Waals surface area (Å²) in [6, 6.07) is 7.57. The van der Waals surface area contributed by atoms with Crippen molar-refractivity contribution in [1.29, 1.82) is 0 Å². The summed E-state index contributed by atoms with van der Waals surface area (Å²) in [5, 5.41) is 8.45. The zero-order valence-corrected chi connectivity index (χ0v) is 21.1. The lowest BCUT2D eigenvalue weighted by Crippen LogP contribution is -2.50. The second kappa shape index (κ2) is 9.81. The largest absolute Gasteiger partial charge is 0.365 e. The molecule has 0 radical (unpaired) electrons. The van der Waals surface area contributed by atoms with Gasteiger partial charge in [-0.25, -0.2) is 9.37 Å². The van der Waals surface area contributed by atoms with Crippen LogP contribution >= 0.6 is 46.3 Å². The normalized spacial score (nSPS) is 16.6. The lowest BCUT2D eigenvalue weighted by molar-refractivity contribution is 0.501. The molecule has 13 heteroatoms. The molecule has 1 aromatic heterocycles. The van der Waals surface area contributed by atoms with E-state index in [2.05, 4.69) is 27.4 Å². The number of aromatic nitrogens is 1. The van der Waals surface area contributed by atoms with Gasteiger partial charge in [-0.3, -0.25) is 0 Å². The highest BCUT2D eigenvalue weighted by atomic mass is 35.5. The van der Waals surface area contributed by atoms with E-state index in [1.54, 1.807) is 12.1 Å². The maximum Gasteiger partial charge on any atom is 0.282 e. The fraction of sp³-hybridized carbons (Fsp3) is 0.250. The standard InChI is InChI=1S/C20H19Cl3FN5O2S2/c1-12-9-25-4-5-28(12)18-6-13(21)2-3-16(18)27-17-8-15(24)19(7-14(17)22)33(30,31)29(23)20-10-32-11-26-20/h2-3,6-8,10-12,25,27H,4-5,9H2,1H3/t12-/m1/s1. The number of piperazine rings is 1. The first kappa shape index (κ1) is 24.3. The first-order chi connectivity index (χ1) is 15.7. The van der Waals surface area contributed by atoms with Crippen molar-refractivity contribution in [2.24, 2.45) is 0 Å². The average molecular weight is 551 g/mol. The average Bonchev–Trinajstić information content (AvgIpc) is 3.31. The Labute approximate surface area is 210 Å². The summed E-state index contributed by atoms with van der Waals surface area (Å²) >= 11 is 19.7. The summed E-state index contributed by atoms with van der Waals surface area (Å²) in [4.78, 5) is 5.37. The molecule has 7 nitrogen and oxygen atoms in total. The van der Waals surface area contributed by atoms with Crippen LogP contribution in [-0.4, -0.2) is 39.1 Å². The Morgan fingerprint density at radius 3 is 2.76 bits per heavy atom. The van der Waals surface area contributed by atoms with E-state index in [-0.39, 0.29) is 22.6 Å². The van der Waals surface area contributed by atoms with Gasteiger partial charge < -0.3 is 15.5 Å². The number of hydrogen-bond acceptors (Lipinski definition) is 7. The van der Waals surface area contributed by atoms with Gasteiger partial charge >= 0.3 is 0 Å². The molecule has 2 heterocycles. The van der Waals surface area contributed by atoms with Crippen LogP contribution in [0.3, 0.4) is 0 Å². The number of thiazole rings is 1. The van der Waals surface area contributed by atoms with Crippen molar-refractivity contribution < 1.29 is 12.8 Å². The Kier molecular flexibility index (Phi) is 7.23. The molecule has 176 valence electrons. The lowest BCUT2D eigenvalue weighted by Gasteiger charge is -2.37. The molecule has 1 aliphatic heterocycles. The summed E-state index contributed by atoms with van der Waals surface area (Å²) in [7, 11) is -4.42. The second-order valence-electron chi connectivity index (χ2n) is 7.36. The van der Waals surface area contributed by atoms with Crippen LogP contribution in [0.1, 0.15) is 6.92 Å². The second-order valence-corrected chi connectivity index (χ2v) is 11.2. The molecular weight excluding hydrogens is 532 g/mol. The van der Waals surface area contributed by atoms with E-state index in [0.717, 1.165) is 48.8 Å². The molecular formula is C20H19Cl3FN5O2S2. The molecule has 33 heavy (non-hydrogen) atoms. The van der Waals surface area contributed by atoms with E-state index >= 15 is 0 Å². The molecule has 4 rings (SSSR count). The fourth-order valence-corrected chi connectivity index (χ4v) is 6.01. The minimum atomic E-state index is -4.42. The Hall–Kier alpha value is -1.82. The molecule has 1 aliphatic rings. The van der Waals surface area contributed by atoms with Crippen molar-refractivity contribution >= 4 is 79.2 Å². The molecule has 2 N–H and O–H groups in total. The number of nitrogens with one attached hydrogen (secondary N) is 2. The Balaban J connectivity index is 1.68. The van der Waals surface area contributed by atoms with Gasteiger partial charge in [-0.15, -0.1) is 11.3 Å². The topological polar surface area (TPSA) is 77.6 Å². The zero-order chi connectivity index (χ0) is 23.8. The predicted molar refractivity (Wildman–Crippen MR) is 133 cm³/mol.